The van der Waals surface area contributed by atoms with Gasteiger partial charge in [0.05, 0.1) is 0 Å². The van der Waals surface area contributed by atoms with Crippen LogP contribution in [0.1, 0.15) is 13.3 Å². The molecule has 0 aromatic carbocycles. The molecule has 0 amide bonds. The van der Waals surface area contributed by atoms with Crippen molar-refractivity contribution in [1.29, 1.82) is 0 Å². The van der Waals surface area contributed by atoms with Crippen molar-refractivity contribution >= 4 is 65.8 Å². The quantitative estimate of drug-likeness (QED) is 0.399. The molecule has 0 aromatic heterocycles. The second-order valence-electron chi connectivity index (χ2n) is 1.67. The van der Waals surface area contributed by atoms with Crippen LogP contribution in [0.15, 0.2) is 0 Å². The van der Waals surface area contributed by atoms with Crippen molar-refractivity contribution in [3.05, 3.63) is 0 Å². The van der Waals surface area contributed by atoms with Crippen LogP contribution in [0.5, 0.6) is 0 Å². The van der Waals surface area contributed by atoms with Gasteiger partial charge in [-0.1, -0.05) is 0 Å². The van der Waals surface area contributed by atoms with Crippen LogP contribution < -0.4 is 0 Å². The van der Waals surface area contributed by atoms with E-state index in [1.54, 1.807) is 0 Å². The fourth-order valence-electron chi connectivity index (χ4n) is 0.323. The molecule has 58 valence electrons. The van der Waals surface area contributed by atoms with Crippen LogP contribution in [-0.2, 0) is 0 Å². The molecule has 0 spiro atoms. The Balaban J connectivity index is 3.47. The third kappa shape index (κ3) is 8.62. The minimum absolute atomic E-state index is 0.650. The second-order valence-corrected chi connectivity index (χ2v) is 46.5. The van der Waals surface area contributed by atoms with Crippen molar-refractivity contribution in [3.8, 4) is 0 Å². The molecular formula is C4H8Br4Te. The maximum absolute atomic E-state index is 3.61. The minimum atomic E-state index is -1.82. The van der Waals surface area contributed by atoms with E-state index >= 15 is 0 Å². The van der Waals surface area contributed by atoms with E-state index in [1.807, 2.05) is 0 Å². The number of halogens is 4. The molecule has 1 atom stereocenters. The molecule has 0 heterocycles. The van der Waals surface area contributed by atoms with Gasteiger partial charge >= 0.3 is 88.4 Å². The van der Waals surface area contributed by atoms with Gasteiger partial charge in [-0.15, -0.1) is 0 Å². The van der Waals surface area contributed by atoms with E-state index in [0.717, 1.165) is 0 Å². The SMILES string of the molecule is CCC(Br)C[Te](Br)(Br)Br. The van der Waals surface area contributed by atoms with Gasteiger partial charge in [-0.3, -0.25) is 0 Å². The first-order valence-corrected chi connectivity index (χ1v) is 20.7. The van der Waals surface area contributed by atoms with E-state index in [4.69, 9.17) is 0 Å². The van der Waals surface area contributed by atoms with Crippen LogP contribution in [0.2, 0.25) is 4.47 Å². The fourth-order valence-corrected chi connectivity index (χ4v) is 18.4. The van der Waals surface area contributed by atoms with Crippen LogP contribution in [0.4, 0.5) is 0 Å². The standard InChI is InChI=1S/C4H8Br4Te/c1-2-4(5)3-9(6,7)8/h4H,2-3H2,1H3. The van der Waals surface area contributed by atoms with E-state index in [0.29, 0.717) is 4.83 Å². The summed E-state index contributed by atoms with van der Waals surface area (Å²) in [7, 11) is 0. The van der Waals surface area contributed by atoms with Crippen molar-refractivity contribution < 1.29 is 0 Å². The van der Waals surface area contributed by atoms with Gasteiger partial charge in [0.2, 0.25) is 0 Å². The summed E-state index contributed by atoms with van der Waals surface area (Å²) in [6.07, 6.45) is 1.19. The molecule has 0 bridgehead atoms. The van der Waals surface area contributed by atoms with Crippen LogP contribution >= 0.6 is 54.2 Å². The van der Waals surface area contributed by atoms with E-state index in [2.05, 4.69) is 61.1 Å². The molecule has 0 saturated carbocycles. The first-order valence-electron chi connectivity index (χ1n) is 2.49. The molecule has 0 rings (SSSR count). The third-order valence-corrected chi connectivity index (χ3v) is 10.7. The molecule has 0 aliphatic rings. The van der Waals surface area contributed by atoms with Gasteiger partial charge in [-0.2, -0.15) is 0 Å². The molecule has 0 aliphatic carbocycles. The first kappa shape index (κ1) is 11.7. The van der Waals surface area contributed by atoms with E-state index in [9.17, 15) is 0 Å². The van der Waals surface area contributed by atoms with Gasteiger partial charge in [-0.05, 0) is 0 Å². The van der Waals surface area contributed by atoms with Crippen molar-refractivity contribution in [2.24, 2.45) is 0 Å². The Morgan fingerprint density at radius 2 is 1.78 bits per heavy atom. The predicted octanol–water partition coefficient (Wildman–Crippen LogP) is 4.28. The second kappa shape index (κ2) is 5.37. The summed E-state index contributed by atoms with van der Waals surface area (Å²) in [6.45, 7) is 2.18. The third-order valence-electron chi connectivity index (χ3n) is 0.813. The number of hydrogen-bond acceptors (Lipinski definition) is 0. The van der Waals surface area contributed by atoms with Gasteiger partial charge in [0.25, 0.3) is 0 Å². The Bertz CT molecular complexity index is 79.1. The summed E-state index contributed by atoms with van der Waals surface area (Å²) in [6, 6.07) is 0. The van der Waals surface area contributed by atoms with Crippen LogP contribution in [0.25, 0.3) is 0 Å². The number of alkyl halides is 1. The van der Waals surface area contributed by atoms with Gasteiger partial charge in [0.1, 0.15) is 0 Å². The Kier molecular flexibility index (Phi) is 6.99. The van der Waals surface area contributed by atoms with Gasteiger partial charge in [-0.25, -0.2) is 0 Å². The van der Waals surface area contributed by atoms with Gasteiger partial charge in [0, 0.05) is 0 Å². The van der Waals surface area contributed by atoms with E-state index in [-0.39, 0.29) is 0 Å². The zero-order chi connectivity index (χ0) is 7.49. The molecule has 0 fully saturated rings. The predicted molar refractivity (Wildman–Crippen MR) is 60.3 cm³/mol. The summed E-state index contributed by atoms with van der Waals surface area (Å²) in [5, 5.41) is 0. The summed E-state index contributed by atoms with van der Waals surface area (Å²) in [4.78, 5) is 0.650. The molecule has 0 aromatic rings. The molecular weight excluding hydrogens is 495 g/mol. The van der Waals surface area contributed by atoms with Crippen molar-refractivity contribution in [1.82, 2.24) is 0 Å². The normalized spacial score (nSPS) is 17.4. The topological polar surface area (TPSA) is 0 Å². The first-order chi connectivity index (χ1) is 3.95. The molecule has 0 aliphatic heterocycles. The average molecular weight is 503 g/mol. The average Bonchev–Trinajstić information content (AvgIpc) is 1.62. The Labute approximate surface area is 86.8 Å². The summed E-state index contributed by atoms with van der Waals surface area (Å²) in [5.41, 5.74) is 0. The van der Waals surface area contributed by atoms with E-state index in [1.165, 1.54) is 10.9 Å². The molecule has 0 radical (unpaired) electrons. The summed E-state index contributed by atoms with van der Waals surface area (Å²) >= 11 is 12.6. The van der Waals surface area contributed by atoms with Crippen molar-refractivity contribution in [2.75, 3.05) is 0 Å². The van der Waals surface area contributed by atoms with Crippen LogP contribution in [-0.4, -0.2) is 16.4 Å². The molecule has 9 heavy (non-hydrogen) atoms. The van der Waals surface area contributed by atoms with Gasteiger partial charge in [0.15, 0.2) is 0 Å². The van der Waals surface area contributed by atoms with Gasteiger partial charge < -0.3 is 0 Å². The van der Waals surface area contributed by atoms with Crippen LogP contribution in [0, 0.1) is 0 Å². The zero-order valence-electron chi connectivity index (χ0n) is 4.91. The Morgan fingerprint density at radius 3 is 1.89 bits per heavy atom. The molecule has 5 heteroatoms. The van der Waals surface area contributed by atoms with Crippen molar-refractivity contribution in [3.63, 3.8) is 0 Å². The molecule has 1 unspecified atom stereocenters. The fraction of sp³-hybridized carbons (Fsp3) is 1.00. The molecule has 0 N–H and O–H groups in total. The Hall–Kier alpha value is 2.71. The monoisotopic (exact) mass is 502 g/mol. The zero-order valence-corrected chi connectivity index (χ0v) is 13.6. The van der Waals surface area contributed by atoms with E-state index < -0.39 is 11.6 Å². The number of rotatable bonds is 3. The summed E-state index contributed by atoms with van der Waals surface area (Å²) in [5.74, 6) is 0. The Morgan fingerprint density at radius 1 is 1.33 bits per heavy atom. The maximum atomic E-state index is 3.61. The van der Waals surface area contributed by atoms with Crippen LogP contribution in [0.3, 0.4) is 0 Å². The molecule has 0 nitrogen and oxygen atoms in total. The number of hydrogen-bond donors (Lipinski definition) is 0. The summed E-state index contributed by atoms with van der Waals surface area (Å²) < 4.78 is 1.21. The van der Waals surface area contributed by atoms with Crippen molar-refractivity contribution in [2.45, 2.75) is 22.6 Å². The molecule has 0 saturated heterocycles.